The highest BCUT2D eigenvalue weighted by atomic mass is 35.7. The number of phenolic OH excluding ortho intramolecular Hbond substituents is 2. The number of aryl methyl sites for hydroxylation is 8. The Morgan fingerprint density at radius 2 is 0.816 bits per heavy atom. The Balaban J connectivity index is 0.000000178. The molecule has 0 amide bonds. The van der Waals surface area contributed by atoms with E-state index in [1.165, 1.54) is 11.1 Å². The van der Waals surface area contributed by atoms with Crippen molar-refractivity contribution in [1.29, 1.82) is 0 Å². The number of hydrogen-bond donors (Lipinski definition) is 2. The van der Waals surface area contributed by atoms with Crippen LogP contribution in [-0.2, 0) is 0 Å². The Bertz CT molecular complexity index is 1610. The molecule has 0 spiro atoms. The summed E-state index contributed by atoms with van der Waals surface area (Å²) in [6.07, 6.45) is 0. The molecule has 0 unspecified atom stereocenters. The third-order valence-corrected chi connectivity index (χ3v) is 7.70. The average molecular weight is 549 g/mol. The van der Waals surface area contributed by atoms with Gasteiger partial charge in [0.25, 0.3) is 0 Å². The van der Waals surface area contributed by atoms with E-state index < -0.39 is 7.37 Å². The van der Waals surface area contributed by atoms with Gasteiger partial charge >= 0.3 is 7.37 Å². The number of aromatic hydroxyl groups is 2. The maximum atomic E-state index is 10.2. The van der Waals surface area contributed by atoms with Gasteiger partial charge < -0.3 is 18.6 Å². The SMILES string of the molecule is Cc1cc(C)c(O)c(-c2cc(C)cc(C)c2O)c1.Cc1cc(C)c2op(Cl)oc3c(C)cc(C)cc3c2c1. The number of fused-ring (bicyclic) bond motifs is 3. The molecule has 0 aliphatic rings. The van der Waals surface area contributed by atoms with Gasteiger partial charge in [0.2, 0.25) is 0 Å². The van der Waals surface area contributed by atoms with E-state index >= 15 is 0 Å². The topological polar surface area (TPSA) is 66.7 Å². The Labute approximate surface area is 229 Å². The third-order valence-electron chi connectivity index (χ3n) is 6.63. The van der Waals surface area contributed by atoms with Crippen molar-refractivity contribution >= 4 is 40.5 Å². The van der Waals surface area contributed by atoms with Crippen LogP contribution in [0.15, 0.2) is 56.9 Å². The lowest BCUT2D eigenvalue weighted by Crippen LogP contribution is -1.89. The van der Waals surface area contributed by atoms with Crippen molar-refractivity contribution in [3.63, 3.8) is 0 Å². The highest BCUT2D eigenvalue weighted by Crippen LogP contribution is 2.41. The summed E-state index contributed by atoms with van der Waals surface area (Å²) in [6, 6.07) is 16.1. The lowest BCUT2D eigenvalue weighted by molar-refractivity contribution is 0.465. The molecule has 2 N–H and O–H groups in total. The molecule has 1 heterocycles. The zero-order valence-corrected chi connectivity index (χ0v) is 24.8. The van der Waals surface area contributed by atoms with Crippen molar-refractivity contribution < 1.29 is 18.6 Å². The highest BCUT2D eigenvalue weighted by molar-refractivity contribution is 7.68. The molecule has 6 heteroatoms. The molecule has 38 heavy (non-hydrogen) atoms. The first-order valence-corrected chi connectivity index (χ1v) is 14.6. The van der Waals surface area contributed by atoms with Crippen LogP contribution in [-0.4, -0.2) is 10.2 Å². The summed E-state index contributed by atoms with van der Waals surface area (Å²) in [7, 11) is -1.47. The van der Waals surface area contributed by atoms with Gasteiger partial charge in [-0.15, -0.1) is 0 Å². The summed E-state index contributed by atoms with van der Waals surface area (Å²) in [6.45, 7) is 16.0. The lowest BCUT2D eigenvalue weighted by Gasteiger charge is -2.13. The minimum absolute atomic E-state index is 0.237. The minimum Gasteiger partial charge on any atom is -0.507 e. The van der Waals surface area contributed by atoms with Gasteiger partial charge in [-0.1, -0.05) is 24.3 Å². The average Bonchev–Trinajstić information content (AvgIpc) is 2.96. The number of halogens is 1. The molecule has 0 saturated heterocycles. The second-order valence-electron chi connectivity index (χ2n) is 10.3. The second kappa shape index (κ2) is 10.8. The first-order chi connectivity index (χ1) is 17.8. The van der Waals surface area contributed by atoms with Crippen molar-refractivity contribution in [2.75, 3.05) is 0 Å². The molecule has 5 rings (SSSR count). The quantitative estimate of drug-likeness (QED) is 0.218. The predicted molar refractivity (Wildman–Crippen MR) is 161 cm³/mol. The largest absolute Gasteiger partial charge is 0.507 e. The van der Waals surface area contributed by atoms with Crippen molar-refractivity contribution in [3.8, 4) is 22.6 Å². The predicted octanol–water partition coefficient (Wildman–Crippen LogP) is 10.5. The second-order valence-corrected chi connectivity index (χ2v) is 11.9. The van der Waals surface area contributed by atoms with Crippen LogP contribution < -0.4 is 0 Å². The third kappa shape index (κ3) is 5.57. The lowest BCUT2D eigenvalue weighted by atomic mass is 9.95. The van der Waals surface area contributed by atoms with Gasteiger partial charge in [0.15, 0.2) is 0 Å². The Kier molecular flexibility index (Phi) is 7.88. The molecular formula is C32H34ClO4P. The van der Waals surface area contributed by atoms with Crippen molar-refractivity contribution in [2.45, 2.75) is 55.4 Å². The van der Waals surface area contributed by atoms with Gasteiger partial charge in [-0.05, 0) is 124 Å². The Hall–Kier alpha value is -3.33. The molecule has 0 atom stereocenters. The maximum absolute atomic E-state index is 10.2. The molecule has 0 aliphatic heterocycles. The molecule has 0 fully saturated rings. The zero-order valence-electron chi connectivity index (χ0n) is 23.2. The molecule has 0 aliphatic carbocycles. The monoisotopic (exact) mass is 548 g/mol. The Morgan fingerprint density at radius 3 is 1.18 bits per heavy atom. The van der Waals surface area contributed by atoms with Crippen molar-refractivity contribution in [1.82, 2.24) is 0 Å². The van der Waals surface area contributed by atoms with Crippen LogP contribution in [0, 0.1) is 55.4 Å². The van der Waals surface area contributed by atoms with Gasteiger partial charge in [0.1, 0.15) is 22.7 Å². The van der Waals surface area contributed by atoms with Crippen molar-refractivity contribution in [2.24, 2.45) is 0 Å². The van der Waals surface area contributed by atoms with Gasteiger partial charge in [-0.25, -0.2) is 0 Å². The van der Waals surface area contributed by atoms with Gasteiger partial charge in [0, 0.05) is 33.1 Å². The summed E-state index contributed by atoms with van der Waals surface area (Å²) in [5.74, 6) is 0.474. The zero-order chi connectivity index (χ0) is 27.9. The molecule has 1 aromatic heterocycles. The summed E-state index contributed by atoms with van der Waals surface area (Å²) in [5, 5.41) is 22.5. The number of hydrogen-bond acceptors (Lipinski definition) is 4. The van der Waals surface area contributed by atoms with Crippen LogP contribution in [0.25, 0.3) is 33.1 Å². The van der Waals surface area contributed by atoms with E-state index in [0.29, 0.717) is 11.1 Å². The standard InChI is InChI=1S/C16H16ClO2P.C16H18O2/c1-9-5-11(3)15-13(7-9)14-8-10(2)6-12(4)16(14)19-20(17)18-15;1-9-5-11(3)15(17)13(7-9)14-8-10(2)6-12(4)16(14)18/h5-8H,1-4H3;5-8,17-18H,1-4H3. The molecule has 4 nitrogen and oxygen atoms in total. The first-order valence-electron chi connectivity index (χ1n) is 12.5. The van der Waals surface area contributed by atoms with Gasteiger partial charge in [0.05, 0.1) is 0 Å². The van der Waals surface area contributed by atoms with Crippen molar-refractivity contribution in [3.05, 3.63) is 93.0 Å². The van der Waals surface area contributed by atoms with E-state index in [1.807, 2.05) is 65.8 Å². The molecule has 5 aromatic rings. The first kappa shape index (κ1) is 27.7. The fourth-order valence-corrected chi connectivity index (χ4v) is 6.27. The Morgan fingerprint density at radius 1 is 0.500 bits per heavy atom. The van der Waals surface area contributed by atoms with E-state index in [-0.39, 0.29) is 11.5 Å². The van der Waals surface area contributed by atoms with Crippen LogP contribution in [0.4, 0.5) is 0 Å². The van der Waals surface area contributed by atoms with E-state index in [9.17, 15) is 10.2 Å². The van der Waals surface area contributed by atoms with E-state index in [4.69, 9.17) is 19.6 Å². The molecule has 0 bridgehead atoms. The van der Waals surface area contributed by atoms with Crippen LogP contribution in [0.1, 0.15) is 44.5 Å². The fraction of sp³-hybridized carbons (Fsp3) is 0.250. The molecule has 198 valence electrons. The fourth-order valence-electron chi connectivity index (χ4n) is 5.04. The summed E-state index contributed by atoms with van der Waals surface area (Å²) in [4.78, 5) is 0. The number of rotatable bonds is 1. The maximum Gasteiger partial charge on any atom is 0.327 e. The van der Waals surface area contributed by atoms with Crippen LogP contribution in [0.3, 0.4) is 0 Å². The summed E-state index contributed by atoms with van der Waals surface area (Å²) < 4.78 is 11.7. The number of benzene rings is 4. The normalized spacial score (nSPS) is 11.0. The minimum atomic E-state index is -1.47. The molecule has 0 saturated carbocycles. The smallest absolute Gasteiger partial charge is 0.327 e. The van der Waals surface area contributed by atoms with Crippen LogP contribution in [0.2, 0.25) is 0 Å². The summed E-state index contributed by atoms with van der Waals surface area (Å²) in [5.41, 5.74) is 11.4. The molecular weight excluding hydrogens is 515 g/mol. The summed E-state index contributed by atoms with van der Waals surface area (Å²) >= 11 is 6.22. The van der Waals surface area contributed by atoms with E-state index in [0.717, 1.165) is 55.3 Å². The van der Waals surface area contributed by atoms with Gasteiger partial charge in [-0.2, -0.15) is 0 Å². The van der Waals surface area contributed by atoms with Crippen LogP contribution in [0.5, 0.6) is 11.5 Å². The van der Waals surface area contributed by atoms with Gasteiger partial charge in [-0.3, -0.25) is 0 Å². The van der Waals surface area contributed by atoms with Crippen LogP contribution >= 0.6 is 18.6 Å². The van der Waals surface area contributed by atoms with E-state index in [1.54, 1.807) is 0 Å². The molecule has 0 radical (unpaired) electrons. The van der Waals surface area contributed by atoms with E-state index in [2.05, 4.69) is 38.1 Å². The number of phenols is 2. The molecule has 4 aromatic carbocycles. The highest BCUT2D eigenvalue weighted by Gasteiger charge is 2.14.